The van der Waals surface area contributed by atoms with Crippen LogP contribution in [-0.4, -0.2) is 26.5 Å². The van der Waals surface area contributed by atoms with E-state index in [4.69, 9.17) is 4.74 Å². The Labute approximate surface area is 124 Å². The summed E-state index contributed by atoms with van der Waals surface area (Å²) in [7, 11) is -3.76. The molecule has 0 radical (unpaired) electrons. The monoisotopic (exact) mass is 317 g/mol. The van der Waals surface area contributed by atoms with E-state index in [0.29, 0.717) is 6.42 Å². The highest BCUT2D eigenvalue weighted by molar-refractivity contribution is 7.89. The molecule has 5 nitrogen and oxygen atoms in total. The van der Waals surface area contributed by atoms with Crippen LogP contribution in [0.5, 0.6) is 0 Å². The number of carbonyl (C=O) groups excluding carboxylic acids is 1. The predicted octanol–water partition coefficient (Wildman–Crippen LogP) is 2.23. The second-order valence-electron chi connectivity index (χ2n) is 5.55. The van der Waals surface area contributed by atoms with Crippen LogP contribution in [0.15, 0.2) is 29.2 Å². The van der Waals surface area contributed by atoms with Gasteiger partial charge in [0.15, 0.2) is 0 Å². The molecule has 0 aromatic heterocycles. The normalized spacial score (nSPS) is 12.2. The van der Waals surface area contributed by atoms with Crippen LogP contribution in [0.3, 0.4) is 0 Å². The molecular weight excluding hydrogens is 297 g/mol. The smallest absolute Gasteiger partial charge is 0.306 e. The Hall–Kier alpha value is -1.47. The number of esters is 1. The Balaban J connectivity index is 2.44. The zero-order valence-electron chi connectivity index (χ0n) is 12.3. The number of hydrogen-bond acceptors (Lipinski definition) is 4. The van der Waals surface area contributed by atoms with Crippen molar-refractivity contribution in [2.24, 2.45) is 0 Å². The number of rotatable bonds is 6. The molecule has 1 aromatic rings. The first kappa shape index (κ1) is 17.6. The Morgan fingerprint density at radius 2 is 2.00 bits per heavy atom. The number of ether oxygens (including phenoxy) is 1. The van der Waals surface area contributed by atoms with E-state index in [9.17, 15) is 17.6 Å². The third-order valence-electron chi connectivity index (χ3n) is 2.38. The first-order chi connectivity index (χ1) is 9.60. The molecule has 0 heterocycles. The maximum absolute atomic E-state index is 13.0. The van der Waals surface area contributed by atoms with E-state index >= 15 is 0 Å². The Morgan fingerprint density at radius 1 is 1.33 bits per heavy atom. The fourth-order valence-corrected chi connectivity index (χ4v) is 2.65. The van der Waals surface area contributed by atoms with E-state index in [1.807, 2.05) is 0 Å². The minimum atomic E-state index is -3.76. The zero-order valence-corrected chi connectivity index (χ0v) is 13.2. The fraction of sp³-hybridized carbons (Fsp3) is 0.500. The van der Waals surface area contributed by atoms with Gasteiger partial charge in [-0.05, 0) is 45.4 Å². The van der Waals surface area contributed by atoms with Gasteiger partial charge < -0.3 is 4.74 Å². The van der Waals surface area contributed by atoms with Crippen molar-refractivity contribution >= 4 is 16.0 Å². The molecule has 0 saturated heterocycles. The van der Waals surface area contributed by atoms with Gasteiger partial charge in [0, 0.05) is 13.0 Å². The second-order valence-corrected chi connectivity index (χ2v) is 7.31. The molecule has 0 spiro atoms. The van der Waals surface area contributed by atoms with Crippen molar-refractivity contribution in [1.82, 2.24) is 4.72 Å². The van der Waals surface area contributed by atoms with Crippen LogP contribution < -0.4 is 4.72 Å². The standard InChI is InChI=1S/C14H20FNO4S/c1-14(2,3)20-13(17)8-5-9-16-21(18,19)12-7-4-6-11(15)10-12/h4,6-7,10,16H,5,8-9H2,1-3H3. The SMILES string of the molecule is CC(C)(C)OC(=O)CCCNS(=O)(=O)c1cccc(F)c1. The molecule has 1 rings (SSSR count). The van der Waals surface area contributed by atoms with Crippen molar-refractivity contribution in [2.45, 2.75) is 44.1 Å². The molecule has 0 atom stereocenters. The van der Waals surface area contributed by atoms with Crippen molar-refractivity contribution in [3.63, 3.8) is 0 Å². The summed E-state index contributed by atoms with van der Waals surface area (Å²) in [5.41, 5.74) is -0.557. The van der Waals surface area contributed by atoms with Gasteiger partial charge in [-0.15, -0.1) is 0 Å². The van der Waals surface area contributed by atoms with Crippen LogP contribution in [0.25, 0.3) is 0 Å². The highest BCUT2D eigenvalue weighted by atomic mass is 32.2. The van der Waals surface area contributed by atoms with Gasteiger partial charge in [0.25, 0.3) is 0 Å². The summed E-state index contributed by atoms with van der Waals surface area (Å²) in [4.78, 5) is 11.3. The van der Waals surface area contributed by atoms with Crippen LogP contribution in [-0.2, 0) is 19.6 Å². The highest BCUT2D eigenvalue weighted by Gasteiger charge is 2.17. The van der Waals surface area contributed by atoms with Gasteiger partial charge >= 0.3 is 5.97 Å². The minimum absolute atomic E-state index is 0.0814. The van der Waals surface area contributed by atoms with E-state index in [1.165, 1.54) is 18.2 Å². The van der Waals surface area contributed by atoms with Crippen LogP contribution in [0.1, 0.15) is 33.6 Å². The number of sulfonamides is 1. The lowest BCUT2D eigenvalue weighted by Crippen LogP contribution is -2.27. The second kappa shape index (κ2) is 7.00. The lowest BCUT2D eigenvalue weighted by Gasteiger charge is -2.19. The van der Waals surface area contributed by atoms with Gasteiger partial charge in [-0.2, -0.15) is 0 Å². The summed E-state index contributed by atoms with van der Waals surface area (Å²) in [5, 5.41) is 0. The van der Waals surface area contributed by atoms with E-state index in [2.05, 4.69) is 4.72 Å². The molecular formula is C14H20FNO4S. The number of nitrogens with one attached hydrogen (secondary N) is 1. The van der Waals surface area contributed by atoms with Crippen molar-refractivity contribution in [3.05, 3.63) is 30.1 Å². The van der Waals surface area contributed by atoms with Crippen molar-refractivity contribution < 1.29 is 22.3 Å². The third kappa shape index (κ3) is 6.68. The maximum atomic E-state index is 13.0. The average Bonchev–Trinajstić information content (AvgIpc) is 2.32. The Bertz CT molecular complexity index is 593. The molecule has 0 aliphatic rings. The molecule has 1 aromatic carbocycles. The number of halogens is 1. The van der Waals surface area contributed by atoms with E-state index in [-0.39, 0.29) is 23.8 Å². The lowest BCUT2D eigenvalue weighted by atomic mass is 10.2. The Kier molecular flexibility index (Phi) is 5.86. The van der Waals surface area contributed by atoms with Crippen molar-refractivity contribution in [2.75, 3.05) is 6.54 Å². The summed E-state index contributed by atoms with van der Waals surface area (Å²) in [5.74, 6) is -1.00. The van der Waals surface area contributed by atoms with E-state index < -0.39 is 21.4 Å². The molecule has 0 bridgehead atoms. The van der Waals surface area contributed by atoms with E-state index in [1.54, 1.807) is 20.8 Å². The molecule has 21 heavy (non-hydrogen) atoms. The first-order valence-corrected chi connectivity index (χ1v) is 8.05. The lowest BCUT2D eigenvalue weighted by molar-refractivity contribution is -0.154. The van der Waals surface area contributed by atoms with Gasteiger partial charge in [-0.3, -0.25) is 4.79 Å². The molecule has 0 aliphatic carbocycles. The van der Waals surface area contributed by atoms with Gasteiger partial charge in [-0.25, -0.2) is 17.5 Å². The van der Waals surface area contributed by atoms with Gasteiger partial charge in [0.05, 0.1) is 4.90 Å². The zero-order chi connectivity index (χ0) is 16.1. The molecule has 7 heteroatoms. The van der Waals surface area contributed by atoms with Crippen LogP contribution in [0.2, 0.25) is 0 Å². The summed E-state index contributed by atoms with van der Waals surface area (Å²) < 4.78 is 44.1. The van der Waals surface area contributed by atoms with Crippen LogP contribution in [0.4, 0.5) is 4.39 Å². The number of carbonyl (C=O) groups is 1. The topological polar surface area (TPSA) is 72.5 Å². The van der Waals surface area contributed by atoms with Crippen molar-refractivity contribution in [3.8, 4) is 0 Å². The molecule has 118 valence electrons. The first-order valence-electron chi connectivity index (χ1n) is 6.57. The minimum Gasteiger partial charge on any atom is -0.460 e. The fourth-order valence-electron chi connectivity index (χ4n) is 1.55. The predicted molar refractivity (Wildman–Crippen MR) is 76.7 cm³/mol. The third-order valence-corrected chi connectivity index (χ3v) is 3.83. The summed E-state index contributed by atoms with van der Waals surface area (Å²) in [6.45, 7) is 5.37. The summed E-state index contributed by atoms with van der Waals surface area (Å²) in [6, 6.07) is 4.74. The van der Waals surface area contributed by atoms with Crippen LogP contribution >= 0.6 is 0 Å². The van der Waals surface area contributed by atoms with Gasteiger partial charge in [0.1, 0.15) is 11.4 Å². The Morgan fingerprint density at radius 3 is 2.57 bits per heavy atom. The average molecular weight is 317 g/mol. The quantitative estimate of drug-likeness (QED) is 0.645. The highest BCUT2D eigenvalue weighted by Crippen LogP contribution is 2.11. The molecule has 1 N–H and O–H groups in total. The van der Waals surface area contributed by atoms with Crippen LogP contribution in [0, 0.1) is 5.82 Å². The van der Waals surface area contributed by atoms with Crippen molar-refractivity contribution in [1.29, 1.82) is 0 Å². The van der Waals surface area contributed by atoms with Gasteiger partial charge in [0.2, 0.25) is 10.0 Å². The summed E-state index contributed by atoms with van der Waals surface area (Å²) in [6.07, 6.45) is 0.423. The number of benzene rings is 1. The molecule has 0 unspecified atom stereocenters. The molecule has 0 amide bonds. The molecule has 0 fully saturated rings. The van der Waals surface area contributed by atoms with Gasteiger partial charge in [-0.1, -0.05) is 6.07 Å². The number of hydrogen-bond donors (Lipinski definition) is 1. The molecule has 0 saturated carbocycles. The molecule has 0 aliphatic heterocycles. The maximum Gasteiger partial charge on any atom is 0.306 e. The largest absolute Gasteiger partial charge is 0.460 e. The summed E-state index contributed by atoms with van der Waals surface area (Å²) >= 11 is 0. The van der Waals surface area contributed by atoms with E-state index in [0.717, 1.165) is 6.07 Å².